The Morgan fingerprint density at radius 2 is 1.33 bits per heavy atom. The summed E-state index contributed by atoms with van der Waals surface area (Å²) in [5.41, 5.74) is 0. The summed E-state index contributed by atoms with van der Waals surface area (Å²) in [6.45, 7) is 7.18. The highest BCUT2D eigenvalue weighted by molar-refractivity contribution is 5.76. The first-order valence-corrected chi connectivity index (χ1v) is 14.3. The van der Waals surface area contributed by atoms with Gasteiger partial charge in [0, 0.05) is 19.5 Å². The molecule has 2 atom stereocenters. The zero-order valence-electron chi connectivity index (χ0n) is 22.4. The van der Waals surface area contributed by atoms with Crippen LogP contribution in [0.3, 0.4) is 0 Å². The number of carbonyl (C=O) groups excluding carboxylic acids is 1. The largest absolute Gasteiger partial charge is 0.394 e. The molecule has 0 aliphatic heterocycles. The summed E-state index contributed by atoms with van der Waals surface area (Å²) in [4.78, 5) is 14.6. The van der Waals surface area contributed by atoms with E-state index < -0.39 is 6.10 Å². The first-order valence-electron chi connectivity index (χ1n) is 14.3. The van der Waals surface area contributed by atoms with Crippen LogP contribution in [0, 0.1) is 5.92 Å². The summed E-state index contributed by atoms with van der Waals surface area (Å²) in [5.74, 6) is 0.540. The molecule has 0 aliphatic rings. The molecule has 2 N–H and O–H groups in total. The first kappa shape index (κ1) is 32.1. The van der Waals surface area contributed by atoms with Crippen LogP contribution in [-0.2, 0) is 4.79 Å². The molecule has 0 radical (unpaired) electrons. The van der Waals surface area contributed by atoms with Crippen molar-refractivity contribution < 1.29 is 15.0 Å². The lowest BCUT2D eigenvalue weighted by Crippen LogP contribution is -2.40. The van der Waals surface area contributed by atoms with Crippen LogP contribution in [0.2, 0.25) is 0 Å². The van der Waals surface area contributed by atoms with Gasteiger partial charge in [-0.3, -0.25) is 4.79 Å². The minimum Gasteiger partial charge on any atom is -0.394 e. The summed E-state index contributed by atoms with van der Waals surface area (Å²) in [6.07, 6.45) is 25.4. The van der Waals surface area contributed by atoms with Crippen molar-refractivity contribution in [3.8, 4) is 0 Å². The number of hydrogen-bond donors (Lipinski definition) is 2. The van der Waals surface area contributed by atoms with Crippen molar-refractivity contribution in [2.24, 2.45) is 5.92 Å². The average Bonchev–Trinajstić information content (AvgIpc) is 2.82. The smallest absolute Gasteiger partial charge is 0.222 e. The van der Waals surface area contributed by atoms with Gasteiger partial charge in [-0.15, -0.1) is 0 Å². The molecule has 0 heterocycles. The van der Waals surface area contributed by atoms with Gasteiger partial charge in [-0.2, -0.15) is 0 Å². The maximum atomic E-state index is 12.9. The van der Waals surface area contributed by atoms with Crippen molar-refractivity contribution >= 4 is 5.91 Å². The molecule has 0 aromatic carbocycles. The summed E-state index contributed by atoms with van der Waals surface area (Å²) in [6, 6.07) is 0. The van der Waals surface area contributed by atoms with Gasteiger partial charge < -0.3 is 15.1 Å². The molecule has 33 heavy (non-hydrogen) atoms. The van der Waals surface area contributed by atoms with Gasteiger partial charge in [0.15, 0.2) is 0 Å². The highest BCUT2D eigenvalue weighted by Crippen LogP contribution is 2.19. The number of allylic oxidation sites excluding steroid dienone is 1. The predicted octanol–water partition coefficient (Wildman–Crippen LogP) is 7.42. The Morgan fingerprint density at radius 3 is 1.91 bits per heavy atom. The quantitative estimate of drug-likeness (QED) is 0.115. The van der Waals surface area contributed by atoms with E-state index in [1.165, 1.54) is 83.5 Å². The fourth-order valence-electron chi connectivity index (χ4n) is 4.36. The van der Waals surface area contributed by atoms with Crippen LogP contribution in [0.15, 0.2) is 12.2 Å². The normalized spacial score (nSPS) is 13.5. The number of aliphatic hydroxyl groups is 2. The molecule has 0 aliphatic carbocycles. The van der Waals surface area contributed by atoms with E-state index in [1.807, 2.05) is 0 Å². The molecule has 0 rings (SSSR count). The van der Waals surface area contributed by atoms with Crippen molar-refractivity contribution in [3.05, 3.63) is 12.2 Å². The topological polar surface area (TPSA) is 60.8 Å². The minimum atomic E-state index is -0.857. The zero-order valence-corrected chi connectivity index (χ0v) is 22.4. The Labute approximate surface area is 206 Å². The fourth-order valence-corrected chi connectivity index (χ4v) is 4.36. The molecule has 1 amide bonds. The third-order valence-electron chi connectivity index (χ3n) is 6.71. The van der Waals surface area contributed by atoms with Gasteiger partial charge in [-0.05, 0) is 31.6 Å². The van der Waals surface area contributed by atoms with E-state index in [1.54, 1.807) is 4.90 Å². The lowest BCUT2D eigenvalue weighted by Gasteiger charge is -2.26. The van der Waals surface area contributed by atoms with E-state index in [-0.39, 0.29) is 19.1 Å². The molecular weight excluding hydrogens is 410 g/mol. The number of carbonyl (C=O) groups is 1. The molecule has 0 bridgehead atoms. The number of amides is 1. The molecule has 0 saturated carbocycles. The van der Waals surface area contributed by atoms with Crippen LogP contribution in [0.4, 0.5) is 0 Å². The molecular formula is C29H57NO3. The molecule has 4 heteroatoms. The summed E-state index contributed by atoms with van der Waals surface area (Å²) >= 11 is 0. The van der Waals surface area contributed by atoms with E-state index in [2.05, 4.69) is 32.9 Å². The molecule has 0 fully saturated rings. The maximum absolute atomic E-state index is 12.9. The Kier molecular flexibility index (Phi) is 23.6. The van der Waals surface area contributed by atoms with Crippen molar-refractivity contribution in [3.63, 3.8) is 0 Å². The van der Waals surface area contributed by atoms with Crippen LogP contribution in [0.25, 0.3) is 0 Å². The molecule has 0 aromatic heterocycles. The van der Waals surface area contributed by atoms with Crippen molar-refractivity contribution in [2.45, 2.75) is 142 Å². The van der Waals surface area contributed by atoms with E-state index in [4.69, 9.17) is 0 Å². The summed E-state index contributed by atoms with van der Waals surface area (Å²) in [5, 5.41) is 19.1. The Balaban J connectivity index is 4.11. The summed E-state index contributed by atoms with van der Waals surface area (Å²) < 4.78 is 0. The minimum absolute atomic E-state index is 0.119. The number of unbranched alkanes of at least 4 members (excludes halogenated alkanes) is 12. The third-order valence-corrected chi connectivity index (χ3v) is 6.71. The third kappa shape index (κ3) is 20.2. The number of rotatable bonds is 24. The molecule has 0 aromatic rings. The number of aliphatic hydroxyl groups excluding tert-OH is 2. The van der Waals surface area contributed by atoms with Gasteiger partial charge >= 0.3 is 0 Å². The van der Waals surface area contributed by atoms with Crippen LogP contribution in [0.5, 0.6) is 0 Å². The number of nitrogens with zero attached hydrogens (tertiary/aromatic N) is 1. The molecule has 0 saturated heterocycles. The monoisotopic (exact) mass is 467 g/mol. The molecule has 2 unspecified atom stereocenters. The van der Waals surface area contributed by atoms with E-state index in [0.29, 0.717) is 18.9 Å². The van der Waals surface area contributed by atoms with Crippen LogP contribution >= 0.6 is 0 Å². The zero-order chi connectivity index (χ0) is 24.6. The number of hydrogen-bond acceptors (Lipinski definition) is 3. The standard InChI is InChI=1S/C29H57NO3/c1-4-7-9-10-11-12-13-14-15-16-17-18-19-21-23-30(25-28(32)26-31)29(33)24-27(6-3)22-20-8-5-2/h18-19,27-28,31-32H,4-17,20-26H2,1-3H3. The maximum Gasteiger partial charge on any atom is 0.222 e. The first-order chi connectivity index (χ1) is 16.1. The van der Waals surface area contributed by atoms with Gasteiger partial charge in [0.25, 0.3) is 0 Å². The molecule has 196 valence electrons. The van der Waals surface area contributed by atoms with Gasteiger partial charge in [0.2, 0.25) is 5.91 Å². The van der Waals surface area contributed by atoms with Crippen LogP contribution in [0.1, 0.15) is 136 Å². The summed E-state index contributed by atoms with van der Waals surface area (Å²) in [7, 11) is 0. The van der Waals surface area contributed by atoms with Crippen LogP contribution < -0.4 is 0 Å². The molecule has 0 spiro atoms. The fraction of sp³-hybridized carbons (Fsp3) is 0.897. The second-order valence-corrected chi connectivity index (χ2v) is 9.88. The molecule has 4 nitrogen and oxygen atoms in total. The average molecular weight is 468 g/mol. The highest BCUT2D eigenvalue weighted by Gasteiger charge is 2.20. The van der Waals surface area contributed by atoms with Crippen LogP contribution in [-0.4, -0.2) is 46.8 Å². The highest BCUT2D eigenvalue weighted by atomic mass is 16.3. The Bertz CT molecular complexity index is 452. The second-order valence-electron chi connectivity index (χ2n) is 9.88. The second kappa shape index (κ2) is 24.3. The SMILES string of the molecule is CCCCCCCCCCCCC=CCCN(CC(O)CO)C(=O)CC(CC)CCCCC. The van der Waals surface area contributed by atoms with E-state index >= 15 is 0 Å². The van der Waals surface area contributed by atoms with Gasteiger partial charge in [-0.1, -0.05) is 116 Å². The van der Waals surface area contributed by atoms with Crippen molar-refractivity contribution in [1.29, 1.82) is 0 Å². The van der Waals surface area contributed by atoms with Crippen molar-refractivity contribution in [2.75, 3.05) is 19.7 Å². The lowest BCUT2D eigenvalue weighted by molar-refractivity contribution is -0.134. The van der Waals surface area contributed by atoms with Gasteiger partial charge in [0.05, 0.1) is 12.7 Å². The van der Waals surface area contributed by atoms with Gasteiger partial charge in [0.1, 0.15) is 0 Å². The van der Waals surface area contributed by atoms with Gasteiger partial charge in [-0.25, -0.2) is 0 Å². The Morgan fingerprint density at radius 1 is 0.788 bits per heavy atom. The lowest BCUT2D eigenvalue weighted by atomic mass is 9.94. The Hall–Kier alpha value is -0.870. The van der Waals surface area contributed by atoms with E-state index in [0.717, 1.165) is 25.7 Å². The van der Waals surface area contributed by atoms with E-state index in [9.17, 15) is 15.0 Å². The predicted molar refractivity (Wildman–Crippen MR) is 142 cm³/mol. The van der Waals surface area contributed by atoms with Crippen molar-refractivity contribution in [1.82, 2.24) is 4.90 Å².